The molecule has 0 radical (unpaired) electrons. The number of hydrazone groups is 1. The minimum absolute atomic E-state index is 0.0309. The first-order valence-corrected chi connectivity index (χ1v) is 8.32. The fraction of sp³-hybridized carbons (Fsp3) is 0.375. The number of ether oxygens (including phenoxy) is 1. The first kappa shape index (κ1) is 18.5. The van der Waals surface area contributed by atoms with Crippen molar-refractivity contribution in [3.05, 3.63) is 39.9 Å². The van der Waals surface area contributed by atoms with Crippen LogP contribution in [-0.4, -0.2) is 66.5 Å². The number of hydrogen-bond donors (Lipinski definition) is 1. The molecule has 0 bridgehead atoms. The lowest BCUT2D eigenvalue weighted by molar-refractivity contribution is -0.384. The number of nitrogens with zero attached hydrogens (tertiary/aromatic N) is 7. The highest BCUT2D eigenvalue weighted by molar-refractivity contribution is 5.80. The molecule has 0 saturated carbocycles. The lowest BCUT2D eigenvalue weighted by Gasteiger charge is -2.27. The molecule has 11 nitrogen and oxygen atoms in total. The second kappa shape index (κ2) is 8.36. The van der Waals surface area contributed by atoms with Crippen molar-refractivity contribution in [3.8, 4) is 0 Å². The zero-order chi connectivity index (χ0) is 19.2. The molecule has 1 fully saturated rings. The predicted molar refractivity (Wildman–Crippen MR) is 101 cm³/mol. The Morgan fingerprint density at radius 3 is 2.56 bits per heavy atom. The highest BCUT2D eigenvalue weighted by Gasteiger charge is 2.17. The Bertz CT molecular complexity index is 819. The van der Waals surface area contributed by atoms with Crippen molar-refractivity contribution in [2.45, 2.75) is 0 Å². The van der Waals surface area contributed by atoms with E-state index >= 15 is 0 Å². The molecule has 3 rings (SSSR count). The van der Waals surface area contributed by atoms with Gasteiger partial charge in [-0.2, -0.15) is 20.1 Å². The van der Waals surface area contributed by atoms with Crippen molar-refractivity contribution in [1.29, 1.82) is 0 Å². The summed E-state index contributed by atoms with van der Waals surface area (Å²) in [4.78, 5) is 27.3. The van der Waals surface area contributed by atoms with Crippen LogP contribution in [0.25, 0.3) is 0 Å². The molecule has 11 heteroatoms. The quantitative estimate of drug-likeness (QED) is 0.451. The fourth-order valence-corrected chi connectivity index (χ4v) is 2.36. The summed E-state index contributed by atoms with van der Waals surface area (Å²) in [7, 11) is 3.70. The number of benzene rings is 1. The second-order valence-electron chi connectivity index (χ2n) is 5.97. The zero-order valence-electron chi connectivity index (χ0n) is 15.1. The van der Waals surface area contributed by atoms with Crippen molar-refractivity contribution in [2.75, 3.05) is 55.6 Å². The van der Waals surface area contributed by atoms with Gasteiger partial charge in [-0.3, -0.25) is 10.1 Å². The Labute approximate surface area is 155 Å². The molecular weight excluding hydrogens is 352 g/mol. The van der Waals surface area contributed by atoms with E-state index in [1.165, 1.54) is 18.3 Å². The van der Waals surface area contributed by atoms with Gasteiger partial charge >= 0.3 is 0 Å². The number of morpholine rings is 1. The summed E-state index contributed by atoms with van der Waals surface area (Å²) < 4.78 is 5.36. The fourth-order valence-electron chi connectivity index (χ4n) is 2.36. The Balaban J connectivity index is 1.74. The van der Waals surface area contributed by atoms with Crippen molar-refractivity contribution in [2.24, 2.45) is 5.10 Å². The number of nitro benzene ring substituents is 1. The minimum Gasteiger partial charge on any atom is -0.378 e. The van der Waals surface area contributed by atoms with Gasteiger partial charge < -0.3 is 14.5 Å². The molecule has 1 aliphatic heterocycles. The summed E-state index contributed by atoms with van der Waals surface area (Å²) in [6, 6.07) is 6.07. The van der Waals surface area contributed by atoms with Crippen LogP contribution in [0.15, 0.2) is 29.4 Å². The van der Waals surface area contributed by atoms with Gasteiger partial charge in [-0.05, 0) is 17.7 Å². The van der Waals surface area contributed by atoms with Crippen molar-refractivity contribution in [1.82, 2.24) is 15.0 Å². The van der Waals surface area contributed by atoms with Gasteiger partial charge in [0, 0.05) is 39.3 Å². The number of non-ortho nitro benzene ring substituents is 1. The molecule has 0 amide bonds. The summed E-state index contributed by atoms with van der Waals surface area (Å²) in [6.07, 6.45) is 1.54. The summed E-state index contributed by atoms with van der Waals surface area (Å²) in [5.41, 5.74) is 3.54. The van der Waals surface area contributed by atoms with Gasteiger partial charge in [-0.15, -0.1) is 0 Å². The van der Waals surface area contributed by atoms with Gasteiger partial charge in [-0.1, -0.05) is 0 Å². The van der Waals surface area contributed by atoms with Crippen molar-refractivity contribution < 1.29 is 9.66 Å². The van der Waals surface area contributed by atoms with Crippen LogP contribution in [0.4, 0.5) is 23.5 Å². The molecule has 2 aromatic rings. The third-order valence-electron chi connectivity index (χ3n) is 3.79. The summed E-state index contributed by atoms with van der Waals surface area (Å²) in [5, 5.41) is 14.8. The number of rotatable bonds is 6. The lowest BCUT2D eigenvalue weighted by atomic mass is 10.2. The first-order chi connectivity index (χ1) is 13.0. The largest absolute Gasteiger partial charge is 0.378 e. The van der Waals surface area contributed by atoms with Gasteiger partial charge in [0.25, 0.3) is 5.69 Å². The molecular formula is C16H20N8O3. The van der Waals surface area contributed by atoms with Crippen LogP contribution in [0.3, 0.4) is 0 Å². The number of nitro groups is 1. The molecule has 1 aromatic heterocycles. The van der Waals surface area contributed by atoms with E-state index in [9.17, 15) is 10.1 Å². The molecule has 2 heterocycles. The Morgan fingerprint density at radius 2 is 1.93 bits per heavy atom. The molecule has 1 saturated heterocycles. The predicted octanol–water partition coefficient (Wildman–Crippen LogP) is 1.13. The van der Waals surface area contributed by atoms with Gasteiger partial charge in [0.15, 0.2) is 0 Å². The Kier molecular flexibility index (Phi) is 5.71. The van der Waals surface area contributed by atoms with Crippen LogP contribution in [0.1, 0.15) is 5.56 Å². The maximum Gasteiger partial charge on any atom is 0.269 e. The van der Waals surface area contributed by atoms with E-state index < -0.39 is 4.92 Å². The highest BCUT2D eigenvalue weighted by atomic mass is 16.6. The average molecular weight is 372 g/mol. The van der Waals surface area contributed by atoms with Crippen LogP contribution < -0.4 is 15.2 Å². The zero-order valence-corrected chi connectivity index (χ0v) is 15.1. The average Bonchev–Trinajstić information content (AvgIpc) is 2.69. The van der Waals surface area contributed by atoms with E-state index in [0.29, 0.717) is 49.7 Å². The van der Waals surface area contributed by atoms with E-state index in [4.69, 9.17) is 4.74 Å². The smallest absolute Gasteiger partial charge is 0.269 e. The minimum atomic E-state index is -0.445. The molecule has 142 valence electrons. The molecule has 0 atom stereocenters. The summed E-state index contributed by atoms with van der Waals surface area (Å²) >= 11 is 0. The van der Waals surface area contributed by atoms with Crippen molar-refractivity contribution in [3.63, 3.8) is 0 Å². The number of hydrogen-bond acceptors (Lipinski definition) is 10. The number of nitrogens with one attached hydrogen (secondary N) is 1. The third kappa shape index (κ3) is 4.85. The van der Waals surface area contributed by atoms with Gasteiger partial charge in [0.2, 0.25) is 17.8 Å². The molecule has 1 aliphatic rings. The van der Waals surface area contributed by atoms with Crippen LogP contribution in [0.2, 0.25) is 0 Å². The number of anilines is 3. The van der Waals surface area contributed by atoms with Crippen LogP contribution in [-0.2, 0) is 4.74 Å². The van der Waals surface area contributed by atoms with E-state index in [-0.39, 0.29) is 5.69 Å². The van der Waals surface area contributed by atoms with Gasteiger partial charge in [0.1, 0.15) is 0 Å². The molecule has 1 aromatic carbocycles. The van der Waals surface area contributed by atoms with Crippen LogP contribution in [0, 0.1) is 10.1 Å². The molecule has 0 unspecified atom stereocenters. The van der Waals surface area contributed by atoms with E-state index in [1.807, 2.05) is 19.0 Å². The molecule has 0 spiro atoms. The summed E-state index contributed by atoms with van der Waals surface area (Å²) in [6.45, 7) is 2.68. The normalized spacial score (nSPS) is 14.4. The van der Waals surface area contributed by atoms with E-state index in [0.717, 1.165) is 0 Å². The third-order valence-corrected chi connectivity index (χ3v) is 3.79. The Morgan fingerprint density at radius 1 is 1.22 bits per heavy atom. The monoisotopic (exact) mass is 372 g/mol. The van der Waals surface area contributed by atoms with E-state index in [2.05, 4.69) is 25.5 Å². The topological polar surface area (TPSA) is 122 Å². The van der Waals surface area contributed by atoms with Crippen molar-refractivity contribution >= 4 is 29.7 Å². The highest BCUT2D eigenvalue weighted by Crippen LogP contribution is 2.16. The van der Waals surface area contributed by atoms with E-state index in [1.54, 1.807) is 17.0 Å². The Hall–Kier alpha value is -3.34. The van der Waals surface area contributed by atoms with Crippen LogP contribution >= 0.6 is 0 Å². The lowest BCUT2D eigenvalue weighted by Crippen LogP contribution is -2.37. The van der Waals surface area contributed by atoms with Gasteiger partial charge in [0.05, 0.1) is 24.4 Å². The summed E-state index contributed by atoms with van der Waals surface area (Å²) in [5.74, 6) is 1.39. The first-order valence-electron chi connectivity index (χ1n) is 8.32. The van der Waals surface area contributed by atoms with Crippen LogP contribution in [0.5, 0.6) is 0 Å². The maximum absolute atomic E-state index is 10.7. The number of aromatic nitrogens is 3. The second-order valence-corrected chi connectivity index (χ2v) is 5.97. The van der Waals surface area contributed by atoms with Gasteiger partial charge in [-0.25, -0.2) is 5.43 Å². The SMILES string of the molecule is CN(C)c1nc(NN=Cc2ccc([N+](=O)[O-])cc2)nc(N2CCOCC2)n1. The molecule has 1 N–H and O–H groups in total. The molecule has 27 heavy (non-hydrogen) atoms. The molecule has 0 aliphatic carbocycles. The standard InChI is InChI=1S/C16H20N8O3/c1-22(2)15-18-14(19-16(20-15)23-7-9-27-10-8-23)21-17-11-12-3-5-13(6-4-12)24(25)26/h3-6,11H,7-10H2,1-2H3,(H,18,19,20,21). The maximum atomic E-state index is 10.7.